The van der Waals surface area contributed by atoms with Crippen LogP contribution in [0.25, 0.3) is 0 Å². The number of hydrogen-bond acceptors (Lipinski definition) is 2. The van der Waals surface area contributed by atoms with Crippen molar-refractivity contribution in [2.75, 3.05) is 7.11 Å². The van der Waals surface area contributed by atoms with E-state index in [1.807, 2.05) is 12.1 Å². The van der Waals surface area contributed by atoms with Gasteiger partial charge in [-0.15, -0.1) is 0 Å². The molecule has 2 rings (SSSR count). The quantitative estimate of drug-likeness (QED) is 0.856. The number of rotatable bonds is 6. The van der Waals surface area contributed by atoms with Crippen LogP contribution in [0.2, 0.25) is 0 Å². The van der Waals surface area contributed by atoms with Crippen molar-refractivity contribution in [3.63, 3.8) is 0 Å². The monoisotopic (exact) mass is 289 g/mol. The lowest BCUT2D eigenvalue weighted by Crippen LogP contribution is -2.33. The van der Waals surface area contributed by atoms with Crippen LogP contribution >= 0.6 is 0 Å². The molecule has 1 unspecified atom stereocenters. The van der Waals surface area contributed by atoms with Crippen LogP contribution in [0.1, 0.15) is 57.6 Å². The van der Waals surface area contributed by atoms with Gasteiger partial charge in [0.05, 0.1) is 13.2 Å². The predicted octanol–water partition coefficient (Wildman–Crippen LogP) is 4.09. The van der Waals surface area contributed by atoms with Gasteiger partial charge in [0.25, 0.3) is 0 Å². The summed E-state index contributed by atoms with van der Waals surface area (Å²) in [7, 11) is 1.67. The number of ether oxygens (including phenoxy) is 1. The van der Waals surface area contributed by atoms with E-state index in [1.165, 1.54) is 12.8 Å². The van der Waals surface area contributed by atoms with E-state index >= 15 is 0 Å². The number of hydrogen-bond donors (Lipinski definition) is 1. The van der Waals surface area contributed by atoms with Crippen LogP contribution in [-0.4, -0.2) is 13.0 Å². The number of nitrogens with one attached hydrogen (secondary N) is 1. The van der Waals surface area contributed by atoms with E-state index in [0.717, 1.165) is 30.6 Å². The number of amides is 1. The summed E-state index contributed by atoms with van der Waals surface area (Å²) in [6.45, 7) is 4.39. The molecule has 1 aromatic carbocycles. The van der Waals surface area contributed by atoms with Crippen molar-refractivity contribution in [3.05, 3.63) is 29.8 Å². The molecule has 1 fully saturated rings. The summed E-state index contributed by atoms with van der Waals surface area (Å²) in [6.07, 6.45) is 5.43. The molecule has 0 spiro atoms. The van der Waals surface area contributed by atoms with Gasteiger partial charge in [0.2, 0.25) is 5.91 Å². The van der Waals surface area contributed by atoms with Gasteiger partial charge in [0, 0.05) is 5.92 Å². The maximum Gasteiger partial charge on any atom is 0.223 e. The largest absolute Gasteiger partial charge is 0.497 e. The molecule has 0 aromatic heterocycles. The van der Waals surface area contributed by atoms with Gasteiger partial charge in [-0.25, -0.2) is 0 Å². The molecule has 0 radical (unpaired) electrons. The number of carbonyl (C=O) groups excluding carboxylic acids is 1. The van der Waals surface area contributed by atoms with Gasteiger partial charge in [-0.3, -0.25) is 4.79 Å². The Morgan fingerprint density at radius 3 is 2.38 bits per heavy atom. The SMILES string of the molecule is COc1ccc(C(CC(C)C)NC(=O)C2CCCC2)cc1. The van der Waals surface area contributed by atoms with Gasteiger partial charge in [0.15, 0.2) is 0 Å². The van der Waals surface area contributed by atoms with Crippen molar-refractivity contribution in [3.8, 4) is 5.75 Å². The average molecular weight is 289 g/mol. The summed E-state index contributed by atoms with van der Waals surface area (Å²) < 4.78 is 5.21. The number of carbonyl (C=O) groups is 1. The number of benzene rings is 1. The molecule has 1 atom stereocenters. The Kier molecular flexibility index (Phi) is 5.66. The first-order chi connectivity index (χ1) is 10.1. The van der Waals surface area contributed by atoms with Crippen molar-refractivity contribution in [1.82, 2.24) is 5.32 Å². The standard InChI is InChI=1S/C18H27NO2/c1-13(2)12-17(14-8-10-16(21-3)11-9-14)19-18(20)15-6-4-5-7-15/h8-11,13,15,17H,4-7,12H2,1-3H3,(H,19,20). The first-order valence-electron chi connectivity index (χ1n) is 8.04. The third-order valence-electron chi connectivity index (χ3n) is 4.27. The third kappa shape index (κ3) is 4.48. The highest BCUT2D eigenvalue weighted by atomic mass is 16.5. The topological polar surface area (TPSA) is 38.3 Å². The van der Waals surface area contributed by atoms with Crippen molar-refractivity contribution >= 4 is 5.91 Å². The Labute approximate surface area is 128 Å². The van der Waals surface area contributed by atoms with E-state index in [0.29, 0.717) is 5.92 Å². The average Bonchev–Trinajstić information content (AvgIpc) is 3.00. The summed E-state index contributed by atoms with van der Waals surface area (Å²) in [6, 6.07) is 8.14. The fraction of sp³-hybridized carbons (Fsp3) is 0.611. The second-order valence-electron chi connectivity index (χ2n) is 6.45. The first-order valence-corrected chi connectivity index (χ1v) is 8.04. The van der Waals surface area contributed by atoms with E-state index in [9.17, 15) is 4.79 Å². The zero-order valence-electron chi connectivity index (χ0n) is 13.4. The van der Waals surface area contributed by atoms with Crippen LogP contribution in [0.15, 0.2) is 24.3 Å². The van der Waals surface area contributed by atoms with E-state index in [-0.39, 0.29) is 17.9 Å². The Hall–Kier alpha value is -1.51. The molecular formula is C18H27NO2. The molecule has 1 saturated carbocycles. The molecule has 21 heavy (non-hydrogen) atoms. The van der Waals surface area contributed by atoms with Crippen LogP contribution < -0.4 is 10.1 Å². The zero-order valence-corrected chi connectivity index (χ0v) is 13.4. The Morgan fingerprint density at radius 2 is 1.86 bits per heavy atom. The molecule has 1 N–H and O–H groups in total. The smallest absolute Gasteiger partial charge is 0.223 e. The highest BCUT2D eigenvalue weighted by molar-refractivity contribution is 5.79. The molecule has 1 aliphatic carbocycles. The van der Waals surface area contributed by atoms with Gasteiger partial charge in [0.1, 0.15) is 5.75 Å². The molecule has 0 aliphatic heterocycles. The third-order valence-corrected chi connectivity index (χ3v) is 4.27. The molecule has 0 saturated heterocycles. The minimum atomic E-state index is 0.101. The maximum atomic E-state index is 12.4. The second kappa shape index (κ2) is 7.48. The molecule has 1 aromatic rings. The lowest BCUT2D eigenvalue weighted by molar-refractivity contribution is -0.125. The highest BCUT2D eigenvalue weighted by Gasteiger charge is 2.25. The van der Waals surface area contributed by atoms with Crippen LogP contribution in [0.3, 0.4) is 0 Å². The Morgan fingerprint density at radius 1 is 1.24 bits per heavy atom. The summed E-state index contributed by atoms with van der Waals surface area (Å²) in [5.41, 5.74) is 1.16. The molecule has 1 amide bonds. The Balaban J connectivity index is 2.07. The molecule has 116 valence electrons. The summed E-state index contributed by atoms with van der Waals surface area (Å²) >= 11 is 0. The minimum Gasteiger partial charge on any atom is -0.497 e. The first kappa shape index (κ1) is 15.9. The molecule has 1 aliphatic rings. The van der Waals surface area contributed by atoms with Gasteiger partial charge in [-0.05, 0) is 42.9 Å². The summed E-state index contributed by atoms with van der Waals surface area (Å²) in [4.78, 5) is 12.4. The van der Waals surface area contributed by atoms with Crippen molar-refractivity contribution in [2.24, 2.45) is 11.8 Å². The minimum absolute atomic E-state index is 0.101. The van der Waals surface area contributed by atoms with Gasteiger partial charge in [-0.1, -0.05) is 38.8 Å². The van der Waals surface area contributed by atoms with E-state index in [4.69, 9.17) is 4.74 Å². The molecule has 3 nitrogen and oxygen atoms in total. The van der Waals surface area contributed by atoms with Gasteiger partial charge >= 0.3 is 0 Å². The van der Waals surface area contributed by atoms with Crippen LogP contribution in [0.5, 0.6) is 5.75 Å². The molecule has 0 bridgehead atoms. The summed E-state index contributed by atoms with van der Waals surface area (Å²) in [5.74, 6) is 1.84. The molecule has 3 heteroatoms. The lowest BCUT2D eigenvalue weighted by atomic mass is 9.96. The van der Waals surface area contributed by atoms with E-state index in [2.05, 4.69) is 31.3 Å². The van der Waals surface area contributed by atoms with Crippen molar-refractivity contribution in [2.45, 2.75) is 52.0 Å². The number of methoxy groups -OCH3 is 1. The lowest BCUT2D eigenvalue weighted by Gasteiger charge is -2.23. The second-order valence-corrected chi connectivity index (χ2v) is 6.45. The normalized spacial score (nSPS) is 17.0. The van der Waals surface area contributed by atoms with Crippen molar-refractivity contribution in [1.29, 1.82) is 0 Å². The van der Waals surface area contributed by atoms with E-state index in [1.54, 1.807) is 7.11 Å². The summed E-state index contributed by atoms with van der Waals surface area (Å²) in [5, 5.41) is 3.26. The van der Waals surface area contributed by atoms with Crippen LogP contribution in [0.4, 0.5) is 0 Å². The zero-order chi connectivity index (χ0) is 15.2. The predicted molar refractivity (Wildman–Crippen MR) is 85.3 cm³/mol. The maximum absolute atomic E-state index is 12.4. The van der Waals surface area contributed by atoms with Crippen LogP contribution in [-0.2, 0) is 4.79 Å². The van der Waals surface area contributed by atoms with E-state index < -0.39 is 0 Å². The fourth-order valence-corrected chi connectivity index (χ4v) is 3.06. The molecule has 0 heterocycles. The Bertz CT molecular complexity index is 447. The van der Waals surface area contributed by atoms with Crippen molar-refractivity contribution < 1.29 is 9.53 Å². The molecular weight excluding hydrogens is 262 g/mol. The van der Waals surface area contributed by atoms with Gasteiger partial charge in [-0.2, -0.15) is 0 Å². The van der Waals surface area contributed by atoms with Crippen LogP contribution in [0, 0.1) is 11.8 Å². The fourth-order valence-electron chi connectivity index (χ4n) is 3.06. The highest BCUT2D eigenvalue weighted by Crippen LogP contribution is 2.28. The van der Waals surface area contributed by atoms with Gasteiger partial charge < -0.3 is 10.1 Å².